The molecule has 0 aromatic heterocycles. The smallest absolute Gasteiger partial charge is 0.462 e. The van der Waals surface area contributed by atoms with Crippen molar-refractivity contribution in [1.82, 2.24) is 0 Å². The number of aliphatic hydroxyl groups excluding tert-OH is 5. The van der Waals surface area contributed by atoms with Crippen molar-refractivity contribution < 1.29 is 63.1 Å². The Morgan fingerprint density at radius 2 is 1.05 bits per heavy atom. The first-order valence-corrected chi connectivity index (χ1v) is 17.3. The Morgan fingerprint density at radius 1 is 0.628 bits per heavy atom. The number of phosphoric ester groups is 1. The predicted octanol–water partition coefficient (Wildman–Crippen LogP) is 3.04. The average molecular weight is 643 g/mol. The van der Waals surface area contributed by atoms with E-state index in [0.29, 0.717) is 12.8 Å². The summed E-state index contributed by atoms with van der Waals surface area (Å²) in [6.45, 7) is 3.06. The molecule has 0 aromatic carbocycles. The van der Waals surface area contributed by atoms with Crippen molar-refractivity contribution in [3.63, 3.8) is 0 Å². The van der Waals surface area contributed by atoms with Crippen molar-refractivity contribution in [1.29, 1.82) is 0 Å². The van der Waals surface area contributed by atoms with Crippen LogP contribution in [0.25, 0.3) is 0 Å². The third kappa shape index (κ3) is 16.7. The van der Waals surface area contributed by atoms with Crippen LogP contribution < -0.4 is 0 Å². The highest BCUT2D eigenvalue weighted by atomic mass is 31.2. The molecule has 0 heterocycles. The molecule has 0 saturated heterocycles. The largest absolute Gasteiger partial charge is 0.472 e. The van der Waals surface area contributed by atoms with Crippen LogP contribution in [-0.2, 0) is 32.7 Å². The second-order valence-corrected chi connectivity index (χ2v) is 12.7. The molecule has 1 saturated carbocycles. The summed E-state index contributed by atoms with van der Waals surface area (Å²) >= 11 is 0. The van der Waals surface area contributed by atoms with E-state index in [9.17, 15) is 44.6 Å². The van der Waals surface area contributed by atoms with Crippen molar-refractivity contribution in [2.45, 2.75) is 159 Å². The number of unbranched alkanes of at least 4 members (excludes halogenated alkanes) is 12. The third-order valence-electron chi connectivity index (χ3n) is 7.45. The molecule has 14 heteroatoms. The van der Waals surface area contributed by atoms with Gasteiger partial charge in [-0.25, -0.2) is 4.57 Å². The van der Waals surface area contributed by atoms with Crippen LogP contribution in [0.15, 0.2) is 0 Å². The van der Waals surface area contributed by atoms with Gasteiger partial charge in [0.05, 0.1) is 6.61 Å². The summed E-state index contributed by atoms with van der Waals surface area (Å²) in [5.41, 5.74) is 0. The highest BCUT2D eigenvalue weighted by Gasteiger charge is 2.51. The molecule has 0 aliphatic heterocycles. The second kappa shape index (κ2) is 22.4. The highest BCUT2D eigenvalue weighted by molar-refractivity contribution is 7.47. The highest BCUT2D eigenvalue weighted by Crippen LogP contribution is 2.47. The molecule has 1 rings (SSSR count). The molecule has 13 nitrogen and oxygen atoms in total. The Kier molecular flexibility index (Phi) is 20.7. The van der Waals surface area contributed by atoms with Crippen LogP contribution in [0, 0.1) is 0 Å². The summed E-state index contributed by atoms with van der Waals surface area (Å²) < 4.78 is 32.9. The minimum atomic E-state index is -5.08. The fourth-order valence-corrected chi connectivity index (χ4v) is 5.73. The van der Waals surface area contributed by atoms with Crippen molar-refractivity contribution in [2.24, 2.45) is 0 Å². The molecule has 254 valence electrons. The van der Waals surface area contributed by atoms with Gasteiger partial charge in [-0.15, -0.1) is 0 Å². The van der Waals surface area contributed by atoms with Gasteiger partial charge in [-0.2, -0.15) is 0 Å². The maximum Gasteiger partial charge on any atom is 0.472 e. The molecule has 0 bridgehead atoms. The molecule has 1 aliphatic carbocycles. The lowest BCUT2D eigenvalue weighted by Crippen LogP contribution is -2.64. The second-order valence-electron chi connectivity index (χ2n) is 11.3. The normalized spacial score (nSPS) is 26.0. The van der Waals surface area contributed by atoms with E-state index < -0.39 is 75.7 Å². The van der Waals surface area contributed by atoms with Crippen molar-refractivity contribution in [2.75, 3.05) is 13.2 Å². The SMILES string of the molecule is CCCCCCCCCCCCC(=O)OC(COC(=O)CCCCCC)COP(=O)(O)OC1C(O)C(O)C(O)C(O)C1O. The van der Waals surface area contributed by atoms with Crippen LogP contribution in [0.3, 0.4) is 0 Å². The zero-order chi connectivity index (χ0) is 32.3. The first kappa shape index (κ1) is 39.9. The maximum atomic E-state index is 12.6. The lowest BCUT2D eigenvalue weighted by atomic mass is 9.85. The average Bonchev–Trinajstić information content (AvgIpc) is 2.97. The molecule has 0 spiro atoms. The summed E-state index contributed by atoms with van der Waals surface area (Å²) in [6, 6.07) is 0. The van der Waals surface area contributed by atoms with E-state index >= 15 is 0 Å². The van der Waals surface area contributed by atoms with E-state index in [1.807, 2.05) is 6.92 Å². The number of hydrogen-bond donors (Lipinski definition) is 6. The van der Waals surface area contributed by atoms with Crippen molar-refractivity contribution >= 4 is 19.8 Å². The number of esters is 2. The molecule has 0 amide bonds. The van der Waals surface area contributed by atoms with Gasteiger partial charge < -0.3 is 39.9 Å². The van der Waals surface area contributed by atoms with E-state index in [1.54, 1.807) is 0 Å². The molecule has 6 atom stereocenters. The van der Waals surface area contributed by atoms with Crippen molar-refractivity contribution in [3.8, 4) is 0 Å². The Hall–Kier alpha value is -1.15. The monoisotopic (exact) mass is 642 g/mol. The van der Waals surface area contributed by atoms with Crippen molar-refractivity contribution in [3.05, 3.63) is 0 Å². The molecular weight excluding hydrogens is 587 g/mol. The summed E-state index contributed by atoms with van der Waals surface area (Å²) in [7, 11) is -5.08. The maximum absolute atomic E-state index is 12.6. The lowest BCUT2D eigenvalue weighted by molar-refractivity contribution is -0.220. The zero-order valence-corrected chi connectivity index (χ0v) is 26.7. The first-order chi connectivity index (χ1) is 20.4. The van der Waals surface area contributed by atoms with Crippen LogP contribution in [-0.4, -0.2) is 98.3 Å². The Balaban J connectivity index is 2.61. The van der Waals surface area contributed by atoms with Crippen LogP contribution in [0.1, 0.15) is 117 Å². The molecule has 0 aromatic rings. The summed E-state index contributed by atoms with van der Waals surface area (Å²) in [5.74, 6) is -1.12. The lowest BCUT2D eigenvalue weighted by Gasteiger charge is -2.41. The Bertz CT molecular complexity index is 797. The van der Waals surface area contributed by atoms with Gasteiger partial charge in [0.25, 0.3) is 0 Å². The number of phosphoric acid groups is 1. The topological polar surface area (TPSA) is 210 Å². The minimum Gasteiger partial charge on any atom is -0.462 e. The Labute approximate surface area is 255 Å². The predicted molar refractivity (Wildman–Crippen MR) is 157 cm³/mol. The van der Waals surface area contributed by atoms with E-state index in [4.69, 9.17) is 18.5 Å². The quantitative estimate of drug-likeness (QED) is 0.0509. The molecule has 6 N–H and O–H groups in total. The molecule has 1 aliphatic rings. The van der Waals surface area contributed by atoms with E-state index in [0.717, 1.165) is 44.9 Å². The number of carbonyl (C=O) groups excluding carboxylic acids is 2. The van der Waals surface area contributed by atoms with Gasteiger partial charge in [0, 0.05) is 12.8 Å². The fourth-order valence-electron chi connectivity index (χ4n) is 4.75. The molecule has 1 fully saturated rings. The van der Waals surface area contributed by atoms with Gasteiger partial charge in [-0.1, -0.05) is 90.9 Å². The third-order valence-corrected chi connectivity index (χ3v) is 8.43. The van der Waals surface area contributed by atoms with Gasteiger partial charge in [-0.3, -0.25) is 18.6 Å². The minimum absolute atomic E-state index is 0.101. The van der Waals surface area contributed by atoms with Gasteiger partial charge >= 0.3 is 19.8 Å². The van der Waals surface area contributed by atoms with Crippen LogP contribution in [0.5, 0.6) is 0 Å². The number of aliphatic hydroxyl groups is 5. The Morgan fingerprint density at radius 3 is 1.56 bits per heavy atom. The number of hydrogen-bond acceptors (Lipinski definition) is 12. The standard InChI is InChI=1S/C29H55O13P/c1-3-5-7-9-10-11-12-13-14-16-18-23(31)41-21(19-39-22(30)17-15-8-6-4-2)20-40-43(37,38)42-29-27(35)25(33)24(32)26(34)28(29)36/h21,24-29,32-36H,3-20H2,1-2H3,(H,37,38). The van der Waals surface area contributed by atoms with E-state index in [1.165, 1.54) is 32.1 Å². The van der Waals surface area contributed by atoms with Gasteiger partial charge in [-0.05, 0) is 12.8 Å². The summed E-state index contributed by atoms with van der Waals surface area (Å²) in [5, 5.41) is 49.5. The van der Waals surface area contributed by atoms with Crippen LogP contribution in [0.4, 0.5) is 0 Å². The van der Waals surface area contributed by atoms with Gasteiger partial charge in [0.15, 0.2) is 6.10 Å². The number of rotatable bonds is 24. The van der Waals surface area contributed by atoms with Crippen LogP contribution in [0.2, 0.25) is 0 Å². The van der Waals surface area contributed by atoms with Gasteiger partial charge in [0.2, 0.25) is 0 Å². The summed E-state index contributed by atoms with van der Waals surface area (Å²) in [6.07, 6.45) is 1.46. The first-order valence-electron chi connectivity index (χ1n) is 15.8. The zero-order valence-electron chi connectivity index (χ0n) is 25.8. The van der Waals surface area contributed by atoms with E-state index in [2.05, 4.69) is 6.92 Å². The number of carbonyl (C=O) groups is 2. The van der Waals surface area contributed by atoms with E-state index in [-0.39, 0.29) is 12.8 Å². The van der Waals surface area contributed by atoms with Gasteiger partial charge in [0.1, 0.15) is 43.2 Å². The number of ether oxygens (including phenoxy) is 2. The molecule has 43 heavy (non-hydrogen) atoms. The molecular formula is C29H55O13P. The summed E-state index contributed by atoms with van der Waals surface area (Å²) in [4.78, 5) is 34.8. The molecule has 6 unspecified atom stereocenters. The van der Waals surface area contributed by atoms with Crippen LogP contribution >= 0.6 is 7.82 Å². The molecule has 0 radical (unpaired) electrons. The fraction of sp³-hybridized carbons (Fsp3) is 0.931.